The summed E-state index contributed by atoms with van der Waals surface area (Å²) < 4.78 is 5.21. The third-order valence-electron chi connectivity index (χ3n) is 1.77. The van der Waals surface area contributed by atoms with Gasteiger partial charge in [0.1, 0.15) is 5.60 Å². The van der Waals surface area contributed by atoms with Crippen molar-refractivity contribution >= 4 is 6.09 Å². The van der Waals surface area contributed by atoms with Crippen LogP contribution >= 0.6 is 0 Å². The summed E-state index contributed by atoms with van der Waals surface area (Å²) in [7, 11) is 0. The molecule has 0 aliphatic heterocycles. The Bertz CT molecular complexity index is 250. The average Bonchev–Trinajstić information content (AvgIpc) is 2.14. The number of nitrogens with zero attached hydrogens (tertiary/aromatic N) is 1. The Kier molecular flexibility index (Phi) is 6.59. The second-order valence-corrected chi connectivity index (χ2v) is 4.50. The summed E-state index contributed by atoms with van der Waals surface area (Å²) in [5.41, 5.74) is -0.517. The number of carbonyl (C=O) groups is 1. The molecule has 0 aliphatic rings. The predicted octanol–water partition coefficient (Wildman–Crippen LogP) is 1.63. The van der Waals surface area contributed by atoms with E-state index in [1.165, 1.54) is 4.90 Å². The topological polar surface area (TPSA) is 49.8 Å². The van der Waals surface area contributed by atoms with E-state index in [1.807, 2.05) is 20.8 Å². The fourth-order valence-electron chi connectivity index (χ4n) is 1.11. The van der Waals surface area contributed by atoms with Crippen LogP contribution in [-0.4, -0.2) is 41.4 Å². The first-order chi connectivity index (χ1) is 7.40. The Balaban J connectivity index is 4.19. The molecule has 0 radical (unpaired) electrons. The summed E-state index contributed by atoms with van der Waals surface area (Å²) in [6.45, 7) is 6.14. The zero-order valence-corrected chi connectivity index (χ0v) is 10.3. The Labute approximate surface area is 97.6 Å². The smallest absolute Gasteiger partial charge is 0.410 e. The molecule has 0 atom stereocenters. The van der Waals surface area contributed by atoms with Gasteiger partial charge in [0.15, 0.2) is 0 Å². The van der Waals surface area contributed by atoms with E-state index >= 15 is 0 Å². The predicted molar refractivity (Wildman–Crippen MR) is 63.0 cm³/mol. The molecular weight excluding hydrogens is 206 g/mol. The van der Waals surface area contributed by atoms with Crippen molar-refractivity contribution in [2.75, 3.05) is 19.7 Å². The molecule has 0 bridgehead atoms. The van der Waals surface area contributed by atoms with Crippen LogP contribution in [0.1, 0.15) is 33.6 Å². The number of unbranched alkanes of at least 4 members (excludes halogenated alkanes) is 1. The molecule has 16 heavy (non-hydrogen) atoms. The molecule has 0 unspecified atom stereocenters. The zero-order valence-electron chi connectivity index (χ0n) is 10.3. The van der Waals surface area contributed by atoms with Crippen LogP contribution in [0, 0.1) is 12.3 Å². The van der Waals surface area contributed by atoms with Crippen molar-refractivity contribution in [2.45, 2.75) is 39.2 Å². The van der Waals surface area contributed by atoms with E-state index in [2.05, 4.69) is 5.92 Å². The number of aliphatic hydroxyl groups is 1. The van der Waals surface area contributed by atoms with Crippen LogP contribution in [0.4, 0.5) is 4.79 Å². The van der Waals surface area contributed by atoms with Crippen LogP contribution in [0.25, 0.3) is 0 Å². The summed E-state index contributed by atoms with van der Waals surface area (Å²) in [4.78, 5) is 13.2. The van der Waals surface area contributed by atoms with Gasteiger partial charge in [-0.25, -0.2) is 4.79 Å². The maximum absolute atomic E-state index is 11.7. The number of hydrogen-bond acceptors (Lipinski definition) is 3. The molecule has 0 fully saturated rings. The summed E-state index contributed by atoms with van der Waals surface area (Å²) in [5, 5.41) is 8.85. The maximum Gasteiger partial charge on any atom is 0.410 e. The number of rotatable bonds is 5. The Morgan fingerprint density at radius 1 is 1.44 bits per heavy atom. The zero-order chi connectivity index (χ0) is 12.6. The van der Waals surface area contributed by atoms with Gasteiger partial charge in [-0.3, -0.25) is 0 Å². The van der Waals surface area contributed by atoms with Gasteiger partial charge in [0, 0.05) is 19.5 Å². The first kappa shape index (κ1) is 14.8. The largest absolute Gasteiger partial charge is 0.444 e. The van der Waals surface area contributed by atoms with E-state index in [0.717, 1.165) is 6.42 Å². The molecule has 0 aromatic carbocycles. The molecule has 1 amide bonds. The molecule has 4 nitrogen and oxygen atoms in total. The molecule has 0 aliphatic carbocycles. The van der Waals surface area contributed by atoms with Gasteiger partial charge in [0.25, 0.3) is 0 Å². The van der Waals surface area contributed by atoms with Gasteiger partial charge in [-0.15, -0.1) is 12.3 Å². The van der Waals surface area contributed by atoms with Crippen molar-refractivity contribution in [3.05, 3.63) is 0 Å². The van der Waals surface area contributed by atoms with Gasteiger partial charge in [-0.05, 0) is 27.2 Å². The van der Waals surface area contributed by atoms with Crippen molar-refractivity contribution in [3.8, 4) is 12.3 Å². The molecule has 0 aromatic rings. The molecule has 0 spiro atoms. The molecule has 1 N–H and O–H groups in total. The van der Waals surface area contributed by atoms with Crippen molar-refractivity contribution in [2.24, 2.45) is 0 Å². The molecule has 0 saturated carbocycles. The average molecular weight is 227 g/mol. The van der Waals surface area contributed by atoms with E-state index in [0.29, 0.717) is 13.0 Å². The minimum atomic E-state index is -0.517. The molecule has 0 aromatic heterocycles. The van der Waals surface area contributed by atoms with Gasteiger partial charge >= 0.3 is 6.09 Å². The lowest BCUT2D eigenvalue weighted by Gasteiger charge is -2.26. The van der Waals surface area contributed by atoms with E-state index < -0.39 is 11.7 Å². The van der Waals surface area contributed by atoms with E-state index in [4.69, 9.17) is 16.3 Å². The molecule has 92 valence electrons. The van der Waals surface area contributed by atoms with Crippen molar-refractivity contribution in [1.82, 2.24) is 4.90 Å². The van der Waals surface area contributed by atoms with Gasteiger partial charge < -0.3 is 14.7 Å². The standard InChI is InChI=1S/C12H21NO3/c1-5-6-7-8-13(9-10-14)11(15)16-12(2,3)4/h1,14H,6-10H2,2-4H3. The number of terminal acetylenes is 1. The molecular formula is C12H21NO3. The molecule has 0 rings (SSSR count). The summed E-state index contributed by atoms with van der Waals surface area (Å²) in [5.74, 6) is 2.51. The number of ether oxygens (including phenoxy) is 1. The Morgan fingerprint density at radius 2 is 2.06 bits per heavy atom. The van der Waals surface area contributed by atoms with Crippen LogP contribution in [0.2, 0.25) is 0 Å². The summed E-state index contributed by atoms with van der Waals surface area (Å²) in [6, 6.07) is 0. The van der Waals surface area contributed by atoms with Gasteiger partial charge in [0.05, 0.1) is 6.61 Å². The van der Waals surface area contributed by atoms with Gasteiger partial charge in [-0.2, -0.15) is 0 Å². The van der Waals surface area contributed by atoms with E-state index in [9.17, 15) is 4.79 Å². The number of carbonyl (C=O) groups excluding carboxylic acids is 1. The summed E-state index contributed by atoms with van der Waals surface area (Å²) in [6.07, 6.45) is 6.06. The number of amides is 1. The fraction of sp³-hybridized carbons (Fsp3) is 0.750. The normalized spacial score (nSPS) is 10.7. The van der Waals surface area contributed by atoms with Crippen LogP contribution < -0.4 is 0 Å². The van der Waals surface area contributed by atoms with Crippen LogP contribution in [0.15, 0.2) is 0 Å². The lowest BCUT2D eigenvalue weighted by molar-refractivity contribution is 0.0217. The van der Waals surface area contributed by atoms with Crippen LogP contribution in [-0.2, 0) is 4.74 Å². The second kappa shape index (κ2) is 7.13. The second-order valence-electron chi connectivity index (χ2n) is 4.50. The quantitative estimate of drug-likeness (QED) is 0.573. The highest BCUT2D eigenvalue weighted by Crippen LogP contribution is 2.10. The van der Waals surface area contributed by atoms with Crippen LogP contribution in [0.3, 0.4) is 0 Å². The Hall–Kier alpha value is -1.21. The monoisotopic (exact) mass is 227 g/mol. The first-order valence-electron chi connectivity index (χ1n) is 5.43. The van der Waals surface area contributed by atoms with Gasteiger partial charge in [-0.1, -0.05) is 0 Å². The number of aliphatic hydroxyl groups excluding tert-OH is 1. The van der Waals surface area contributed by atoms with E-state index in [1.54, 1.807) is 0 Å². The minimum absolute atomic E-state index is 0.0741. The SMILES string of the molecule is C#CCCCN(CCO)C(=O)OC(C)(C)C. The third kappa shape index (κ3) is 7.13. The fourth-order valence-corrected chi connectivity index (χ4v) is 1.11. The molecule has 0 heterocycles. The molecule has 4 heteroatoms. The maximum atomic E-state index is 11.7. The van der Waals surface area contributed by atoms with Crippen molar-refractivity contribution in [3.63, 3.8) is 0 Å². The van der Waals surface area contributed by atoms with Crippen LogP contribution in [0.5, 0.6) is 0 Å². The highest BCUT2D eigenvalue weighted by Gasteiger charge is 2.21. The minimum Gasteiger partial charge on any atom is -0.444 e. The van der Waals surface area contributed by atoms with Crippen molar-refractivity contribution in [1.29, 1.82) is 0 Å². The summed E-state index contributed by atoms with van der Waals surface area (Å²) >= 11 is 0. The number of hydrogen-bond donors (Lipinski definition) is 1. The third-order valence-corrected chi connectivity index (χ3v) is 1.77. The highest BCUT2D eigenvalue weighted by atomic mass is 16.6. The van der Waals surface area contributed by atoms with Gasteiger partial charge in [0.2, 0.25) is 0 Å². The van der Waals surface area contributed by atoms with E-state index in [-0.39, 0.29) is 13.2 Å². The highest BCUT2D eigenvalue weighted by molar-refractivity contribution is 5.68. The molecule has 0 saturated heterocycles. The first-order valence-corrected chi connectivity index (χ1v) is 5.43. The Morgan fingerprint density at radius 3 is 2.50 bits per heavy atom. The lowest BCUT2D eigenvalue weighted by atomic mass is 10.2. The lowest BCUT2D eigenvalue weighted by Crippen LogP contribution is -2.39. The van der Waals surface area contributed by atoms with Crippen molar-refractivity contribution < 1.29 is 14.6 Å².